The van der Waals surface area contributed by atoms with Crippen LogP contribution in [0.4, 0.5) is 8.78 Å². The molecule has 0 saturated heterocycles. The zero-order valence-corrected chi connectivity index (χ0v) is 17.0. The number of methoxy groups -OCH3 is 1. The summed E-state index contributed by atoms with van der Waals surface area (Å²) in [7, 11) is 2.88. The van der Waals surface area contributed by atoms with Gasteiger partial charge in [-0.15, -0.1) is 5.70 Å². The van der Waals surface area contributed by atoms with Crippen LogP contribution in [-0.4, -0.2) is 35.7 Å². The van der Waals surface area contributed by atoms with E-state index >= 15 is 0 Å². The average Bonchev–Trinajstić information content (AvgIpc) is 2.44. The van der Waals surface area contributed by atoms with Crippen LogP contribution in [0.1, 0.15) is 12.0 Å². The Labute approximate surface area is 166 Å². The van der Waals surface area contributed by atoms with Crippen molar-refractivity contribution in [3.05, 3.63) is 35.4 Å². The first kappa shape index (κ1) is 19.9. The fourth-order valence-corrected chi connectivity index (χ4v) is 2.59. The zero-order chi connectivity index (χ0) is 15.6. The van der Waals surface area contributed by atoms with Gasteiger partial charge >= 0.3 is 0 Å². The number of benzene rings is 1. The van der Waals surface area contributed by atoms with Crippen molar-refractivity contribution in [2.24, 2.45) is 0 Å². The number of hydrogen-bond donors (Lipinski definition) is 0. The van der Waals surface area contributed by atoms with E-state index in [-0.39, 0.29) is 66.3 Å². The summed E-state index contributed by atoms with van der Waals surface area (Å²) in [5.74, 6) is -1.80. The summed E-state index contributed by atoms with van der Waals surface area (Å²) in [5.41, 5.74) is -0.167. The van der Waals surface area contributed by atoms with E-state index in [0.717, 1.165) is 12.1 Å². The third-order valence-corrected chi connectivity index (χ3v) is 3.95. The summed E-state index contributed by atoms with van der Waals surface area (Å²) < 4.78 is 37.7. The van der Waals surface area contributed by atoms with Crippen molar-refractivity contribution in [2.45, 2.75) is 10.3 Å². The van der Waals surface area contributed by atoms with Crippen LogP contribution >= 0.6 is 22.6 Å². The Balaban J connectivity index is 0.00000242. The van der Waals surface area contributed by atoms with Gasteiger partial charge in [-0.25, -0.2) is 14.9 Å². The van der Waals surface area contributed by atoms with Crippen molar-refractivity contribution in [3.63, 3.8) is 0 Å². The minimum Gasteiger partial charge on any atom is -0.467 e. The predicted molar refractivity (Wildman–Crippen MR) is 80.7 cm³/mol. The number of alkyl halides is 1. The van der Waals surface area contributed by atoms with Crippen molar-refractivity contribution in [1.29, 1.82) is 0 Å². The number of halogens is 3. The summed E-state index contributed by atoms with van der Waals surface area (Å²) in [6.45, 7) is -0.109. The van der Waals surface area contributed by atoms with E-state index in [4.69, 9.17) is 4.74 Å². The van der Waals surface area contributed by atoms with E-state index in [1.807, 2.05) is 22.6 Å². The van der Waals surface area contributed by atoms with Crippen LogP contribution < -0.4 is 4.74 Å². The first-order chi connectivity index (χ1) is 9.95. The monoisotopic (exact) mass is 497 g/mol. The molecule has 1 aliphatic heterocycles. The van der Waals surface area contributed by atoms with Crippen molar-refractivity contribution in [2.75, 3.05) is 21.0 Å². The second-order valence-corrected chi connectivity index (χ2v) is 5.91. The number of carbonyl (C=O) groups is 1. The minimum atomic E-state index is -0.810. The quantitative estimate of drug-likeness (QED) is 0.278. The maximum atomic E-state index is 14.2. The first-order valence-corrected chi connectivity index (χ1v) is 7.34. The second kappa shape index (κ2) is 8.66. The Morgan fingerprint density at radius 2 is 2.00 bits per heavy atom. The van der Waals surface area contributed by atoms with Crippen molar-refractivity contribution in [3.8, 4) is 5.75 Å². The molecule has 0 fully saturated rings. The van der Waals surface area contributed by atoms with Crippen molar-refractivity contribution < 1.29 is 55.8 Å². The smallest absolute Gasteiger partial charge is 0.235 e. The van der Waals surface area contributed by atoms with Gasteiger partial charge in [0, 0.05) is 46.9 Å². The molecule has 0 saturated carbocycles. The number of amides is 1. The molecular formula is C14H13F2INO3Y-. The number of rotatable bonds is 4. The fourth-order valence-electron chi connectivity index (χ4n) is 1.95. The molecule has 0 bridgehead atoms. The van der Waals surface area contributed by atoms with Gasteiger partial charge in [0.25, 0.3) is 0 Å². The van der Waals surface area contributed by atoms with Crippen LogP contribution in [0.3, 0.4) is 0 Å². The maximum Gasteiger partial charge on any atom is 0.235 e. The Kier molecular flexibility index (Phi) is 7.84. The van der Waals surface area contributed by atoms with E-state index in [1.165, 1.54) is 19.1 Å². The third-order valence-electron chi connectivity index (χ3n) is 2.98. The number of ether oxygens (including phenoxy) is 2. The van der Waals surface area contributed by atoms with Gasteiger partial charge in [0.05, 0.1) is 15.6 Å². The summed E-state index contributed by atoms with van der Waals surface area (Å²) >= 11 is 1.98. The Morgan fingerprint density at radius 3 is 2.55 bits per heavy atom. The van der Waals surface area contributed by atoms with Crippen LogP contribution in [0.5, 0.6) is 5.75 Å². The molecule has 8 heteroatoms. The molecule has 1 unspecified atom stereocenters. The van der Waals surface area contributed by atoms with Crippen molar-refractivity contribution in [1.82, 2.24) is 4.90 Å². The molecule has 1 amide bonds. The topological polar surface area (TPSA) is 38.8 Å². The van der Waals surface area contributed by atoms with Gasteiger partial charge < -0.3 is 14.4 Å². The molecule has 1 aromatic carbocycles. The molecule has 117 valence electrons. The van der Waals surface area contributed by atoms with Gasteiger partial charge in [-0.1, -0.05) is 34.6 Å². The van der Waals surface area contributed by atoms with E-state index in [9.17, 15) is 13.6 Å². The largest absolute Gasteiger partial charge is 0.467 e. The zero-order valence-electron chi connectivity index (χ0n) is 12.0. The van der Waals surface area contributed by atoms with E-state index < -0.39 is 11.6 Å². The molecule has 1 radical (unpaired) electrons. The average molecular weight is 497 g/mol. The molecule has 22 heavy (non-hydrogen) atoms. The van der Waals surface area contributed by atoms with Crippen LogP contribution in [0, 0.1) is 17.7 Å². The molecule has 1 aliphatic rings. The molecule has 1 aromatic rings. The normalized spacial score (nSPS) is 17.9. The minimum absolute atomic E-state index is 0. The summed E-state index contributed by atoms with van der Waals surface area (Å²) in [6.07, 6.45) is 3.20. The van der Waals surface area contributed by atoms with Gasteiger partial charge in [0.15, 0.2) is 6.79 Å². The molecular weight excluding hydrogens is 484 g/mol. The summed E-state index contributed by atoms with van der Waals surface area (Å²) in [6, 6.07) is 2.11. The SMILES string of the molecule is COCOc1cc(F)c(C2=[C-]CC(I)C(=O)N2C)c(F)c1.[Y]. The Morgan fingerprint density at radius 1 is 1.41 bits per heavy atom. The van der Waals surface area contributed by atoms with E-state index in [0.29, 0.717) is 6.42 Å². The van der Waals surface area contributed by atoms with Crippen LogP contribution in [0.2, 0.25) is 0 Å². The first-order valence-electron chi connectivity index (χ1n) is 6.09. The summed E-state index contributed by atoms with van der Waals surface area (Å²) in [5, 5.41) is 0. The van der Waals surface area contributed by atoms with Gasteiger partial charge in [-0.05, 0) is 12.1 Å². The molecule has 0 aliphatic carbocycles. The summed E-state index contributed by atoms with van der Waals surface area (Å²) in [4.78, 5) is 13.1. The molecule has 4 nitrogen and oxygen atoms in total. The van der Waals surface area contributed by atoms with Gasteiger partial charge in [-0.2, -0.15) is 0 Å². The molecule has 1 atom stereocenters. The van der Waals surface area contributed by atoms with E-state index in [1.54, 1.807) is 0 Å². The molecule has 0 N–H and O–H groups in total. The maximum absolute atomic E-state index is 14.2. The van der Waals surface area contributed by atoms with Crippen LogP contribution in [0.15, 0.2) is 12.1 Å². The fraction of sp³-hybridized carbons (Fsp3) is 0.357. The van der Waals surface area contributed by atoms with Gasteiger partial charge in [0.1, 0.15) is 5.75 Å². The molecule has 1 heterocycles. The molecule has 0 aromatic heterocycles. The Bertz CT molecular complexity index is 574. The van der Waals surface area contributed by atoms with Gasteiger partial charge in [0.2, 0.25) is 5.91 Å². The van der Waals surface area contributed by atoms with Crippen LogP contribution in [0.25, 0.3) is 5.70 Å². The molecule has 0 spiro atoms. The van der Waals surface area contributed by atoms with Gasteiger partial charge in [-0.3, -0.25) is 4.79 Å². The molecule has 2 rings (SSSR count). The standard InChI is InChI=1S/C14H13F2INO3.Y/c1-18-12(4-3-11(17)14(18)19)13-9(15)5-8(6-10(13)16)21-7-20-2;/h5-6,11H,3,7H2,1-2H3;/q-1;. The Hall–Kier alpha value is -0.116. The number of carbonyl (C=O) groups excluding carboxylic acids is 1. The number of allylic oxidation sites excluding steroid dienone is 1. The second-order valence-electron chi connectivity index (χ2n) is 4.41. The van der Waals surface area contributed by atoms with E-state index in [2.05, 4.69) is 10.8 Å². The third kappa shape index (κ3) is 4.24. The predicted octanol–water partition coefficient (Wildman–Crippen LogP) is 2.75. The number of hydrogen-bond acceptors (Lipinski definition) is 3. The number of nitrogens with zero attached hydrogens (tertiary/aromatic N) is 1. The van der Waals surface area contributed by atoms with Crippen LogP contribution in [-0.2, 0) is 42.2 Å². The van der Waals surface area contributed by atoms with Crippen molar-refractivity contribution >= 4 is 34.2 Å².